The van der Waals surface area contributed by atoms with Crippen LogP contribution in [0.5, 0.6) is 0 Å². The van der Waals surface area contributed by atoms with Gasteiger partial charge in [-0.1, -0.05) is 20.8 Å². The van der Waals surface area contributed by atoms with Crippen LogP contribution in [0.3, 0.4) is 0 Å². The number of hydrogen-bond donors (Lipinski definition) is 1. The summed E-state index contributed by atoms with van der Waals surface area (Å²) in [6.45, 7) is 7.32. The summed E-state index contributed by atoms with van der Waals surface area (Å²) in [6.07, 6.45) is 3.50. The molecule has 0 aliphatic heterocycles. The van der Waals surface area contributed by atoms with E-state index in [1.807, 2.05) is 4.68 Å². The smallest absolute Gasteiger partial charge is 0.138 e. The largest absolute Gasteiger partial charge is 0.327 e. The molecule has 14 heavy (non-hydrogen) atoms. The fourth-order valence-corrected chi connectivity index (χ4v) is 1.29. The SMILES string of the molecule is CCCn1ncnc1CC(N)C(C)C. The summed E-state index contributed by atoms with van der Waals surface area (Å²) in [5, 5.41) is 4.17. The van der Waals surface area contributed by atoms with E-state index in [4.69, 9.17) is 5.73 Å². The van der Waals surface area contributed by atoms with E-state index in [1.54, 1.807) is 6.33 Å². The predicted octanol–water partition coefficient (Wildman–Crippen LogP) is 1.21. The van der Waals surface area contributed by atoms with Gasteiger partial charge in [-0.25, -0.2) is 4.98 Å². The van der Waals surface area contributed by atoms with Crippen LogP contribution in [0.4, 0.5) is 0 Å². The Morgan fingerprint density at radius 1 is 1.50 bits per heavy atom. The molecule has 0 fully saturated rings. The molecule has 1 aromatic rings. The van der Waals surface area contributed by atoms with Crippen LogP contribution in [-0.2, 0) is 13.0 Å². The topological polar surface area (TPSA) is 56.7 Å². The van der Waals surface area contributed by atoms with Gasteiger partial charge in [-0.05, 0) is 12.3 Å². The van der Waals surface area contributed by atoms with Gasteiger partial charge in [0.15, 0.2) is 0 Å². The van der Waals surface area contributed by atoms with E-state index in [-0.39, 0.29) is 6.04 Å². The predicted molar refractivity (Wildman–Crippen MR) is 56.8 cm³/mol. The molecule has 0 bridgehead atoms. The molecule has 1 heterocycles. The van der Waals surface area contributed by atoms with Crippen LogP contribution in [0.25, 0.3) is 0 Å². The zero-order valence-electron chi connectivity index (χ0n) is 9.27. The number of aryl methyl sites for hydroxylation is 1. The monoisotopic (exact) mass is 196 g/mol. The molecule has 0 spiro atoms. The summed E-state index contributed by atoms with van der Waals surface area (Å²) in [5.41, 5.74) is 5.99. The van der Waals surface area contributed by atoms with Crippen LogP contribution in [0.2, 0.25) is 0 Å². The minimum absolute atomic E-state index is 0.176. The van der Waals surface area contributed by atoms with Crippen molar-refractivity contribution in [3.05, 3.63) is 12.2 Å². The normalized spacial score (nSPS) is 13.5. The highest BCUT2D eigenvalue weighted by atomic mass is 15.3. The van der Waals surface area contributed by atoms with Gasteiger partial charge in [0.2, 0.25) is 0 Å². The van der Waals surface area contributed by atoms with Crippen LogP contribution in [-0.4, -0.2) is 20.8 Å². The molecule has 4 heteroatoms. The lowest BCUT2D eigenvalue weighted by Crippen LogP contribution is -2.30. The van der Waals surface area contributed by atoms with Crippen molar-refractivity contribution in [3.8, 4) is 0 Å². The van der Waals surface area contributed by atoms with Crippen LogP contribution < -0.4 is 5.73 Å². The van der Waals surface area contributed by atoms with Crippen molar-refractivity contribution < 1.29 is 0 Å². The number of nitrogens with two attached hydrogens (primary N) is 1. The Morgan fingerprint density at radius 3 is 2.79 bits per heavy atom. The van der Waals surface area contributed by atoms with Gasteiger partial charge in [0.25, 0.3) is 0 Å². The number of aromatic nitrogens is 3. The van der Waals surface area contributed by atoms with E-state index in [0.29, 0.717) is 5.92 Å². The van der Waals surface area contributed by atoms with Crippen molar-refractivity contribution in [1.82, 2.24) is 14.8 Å². The van der Waals surface area contributed by atoms with Crippen molar-refractivity contribution in [2.75, 3.05) is 0 Å². The molecule has 1 unspecified atom stereocenters. The van der Waals surface area contributed by atoms with E-state index in [0.717, 1.165) is 25.2 Å². The van der Waals surface area contributed by atoms with Crippen LogP contribution in [0, 0.1) is 5.92 Å². The summed E-state index contributed by atoms with van der Waals surface area (Å²) >= 11 is 0. The lowest BCUT2D eigenvalue weighted by Gasteiger charge is -2.15. The van der Waals surface area contributed by atoms with Gasteiger partial charge in [0.1, 0.15) is 12.2 Å². The lowest BCUT2D eigenvalue weighted by molar-refractivity contribution is 0.461. The van der Waals surface area contributed by atoms with E-state index in [9.17, 15) is 0 Å². The van der Waals surface area contributed by atoms with Gasteiger partial charge in [-0.15, -0.1) is 0 Å². The Labute approximate surface area is 85.5 Å². The number of rotatable bonds is 5. The summed E-state index contributed by atoms with van der Waals surface area (Å²) in [7, 11) is 0. The highest BCUT2D eigenvalue weighted by molar-refractivity contribution is 4.89. The van der Waals surface area contributed by atoms with Gasteiger partial charge in [0.05, 0.1) is 0 Å². The molecule has 4 nitrogen and oxygen atoms in total. The van der Waals surface area contributed by atoms with Gasteiger partial charge >= 0.3 is 0 Å². The second-order valence-corrected chi connectivity index (χ2v) is 4.01. The average Bonchev–Trinajstić information content (AvgIpc) is 2.53. The van der Waals surface area contributed by atoms with Gasteiger partial charge in [0, 0.05) is 19.0 Å². The molecule has 1 atom stereocenters. The molecule has 2 N–H and O–H groups in total. The maximum Gasteiger partial charge on any atom is 0.138 e. The molecule has 0 amide bonds. The Kier molecular flexibility index (Phi) is 4.07. The summed E-state index contributed by atoms with van der Waals surface area (Å²) in [4.78, 5) is 4.23. The van der Waals surface area contributed by atoms with Crippen molar-refractivity contribution in [2.24, 2.45) is 11.7 Å². The number of nitrogens with zero attached hydrogens (tertiary/aromatic N) is 3. The maximum absolute atomic E-state index is 5.99. The first-order chi connectivity index (χ1) is 6.65. The van der Waals surface area contributed by atoms with Gasteiger partial charge in [-0.2, -0.15) is 5.10 Å². The average molecular weight is 196 g/mol. The Balaban J connectivity index is 2.61. The van der Waals surface area contributed by atoms with E-state index >= 15 is 0 Å². The Morgan fingerprint density at radius 2 is 2.21 bits per heavy atom. The quantitative estimate of drug-likeness (QED) is 0.770. The molecule has 0 aliphatic rings. The molecule has 0 saturated carbocycles. The first-order valence-corrected chi connectivity index (χ1v) is 5.27. The molecule has 0 saturated heterocycles. The number of hydrogen-bond acceptors (Lipinski definition) is 3. The minimum atomic E-state index is 0.176. The zero-order chi connectivity index (χ0) is 10.6. The Bertz CT molecular complexity index is 267. The first-order valence-electron chi connectivity index (χ1n) is 5.27. The molecule has 1 aromatic heterocycles. The van der Waals surface area contributed by atoms with E-state index in [2.05, 4.69) is 30.9 Å². The first kappa shape index (κ1) is 11.2. The molecule has 0 aliphatic carbocycles. The Hall–Kier alpha value is -0.900. The van der Waals surface area contributed by atoms with Crippen LogP contribution in [0.15, 0.2) is 6.33 Å². The van der Waals surface area contributed by atoms with Crippen molar-refractivity contribution in [1.29, 1.82) is 0 Å². The fraction of sp³-hybridized carbons (Fsp3) is 0.800. The van der Waals surface area contributed by atoms with Crippen molar-refractivity contribution in [3.63, 3.8) is 0 Å². The van der Waals surface area contributed by atoms with Gasteiger partial charge < -0.3 is 5.73 Å². The third kappa shape index (κ3) is 2.80. The summed E-state index contributed by atoms with van der Waals surface area (Å²) < 4.78 is 1.95. The molecule has 1 rings (SSSR count). The van der Waals surface area contributed by atoms with Crippen LogP contribution >= 0.6 is 0 Å². The third-order valence-corrected chi connectivity index (χ3v) is 2.41. The van der Waals surface area contributed by atoms with Crippen molar-refractivity contribution >= 4 is 0 Å². The minimum Gasteiger partial charge on any atom is -0.327 e. The maximum atomic E-state index is 5.99. The molecule has 0 aromatic carbocycles. The standard InChI is InChI=1S/C10H20N4/c1-4-5-14-10(12-7-13-14)6-9(11)8(2)3/h7-9H,4-6,11H2,1-3H3. The van der Waals surface area contributed by atoms with Crippen molar-refractivity contribution in [2.45, 2.75) is 46.2 Å². The molecule has 0 radical (unpaired) electrons. The highest BCUT2D eigenvalue weighted by Gasteiger charge is 2.12. The van der Waals surface area contributed by atoms with E-state index in [1.165, 1.54) is 0 Å². The van der Waals surface area contributed by atoms with Gasteiger partial charge in [-0.3, -0.25) is 4.68 Å². The van der Waals surface area contributed by atoms with Crippen LogP contribution in [0.1, 0.15) is 33.0 Å². The summed E-state index contributed by atoms with van der Waals surface area (Å²) in [6, 6.07) is 0.176. The molecule has 80 valence electrons. The molecular weight excluding hydrogens is 176 g/mol. The zero-order valence-corrected chi connectivity index (χ0v) is 9.27. The van der Waals surface area contributed by atoms with E-state index < -0.39 is 0 Å². The second-order valence-electron chi connectivity index (χ2n) is 4.01. The summed E-state index contributed by atoms with van der Waals surface area (Å²) in [5.74, 6) is 1.50. The lowest BCUT2D eigenvalue weighted by atomic mass is 10.0. The highest BCUT2D eigenvalue weighted by Crippen LogP contribution is 2.06. The fourth-order valence-electron chi connectivity index (χ4n) is 1.29. The third-order valence-electron chi connectivity index (χ3n) is 2.41. The molecular formula is C10H20N4. The second kappa shape index (κ2) is 5.10.